The second kappa shape index (κ2) is 6.88. The van der Waals surface area contributed by atoms with Gasteiger partial charge in [-0.25, -0.2) is 4.79 Å². The van der Waals surface area contributed by atoms with E-state index in [9.17, 15) is 9.59 Å². The summed E-state index contributed by atoms with van der Waals surface area (Å²) >= 11 is 0. The largest absolute Gasteiger partial charge is 0.352 e. The van der Waals surface area contributed by atoms with Gasteiger partial charge in [0.25, 0.3) is 0 Å². The summed E-state index contributed by atoms with van der Waals surface area (Å²) in [6.45, 7) is 6.18. The number of hydrogen-bond acceptors (Lipinski definition) is 3. The summed E-state index contributed by atoms with van der Waals surface area (Å²) < 4.78 is 0. The van der Waals surface area contributed by atoms with Crippen molar-refractivity contribution in [2.75, 3.05) is 6.54 Å². The molecule has 110 valence electrons. The van der Waals surface area contributed by atoms with Gasteiger partial charge in [0.15, 0.2) is 0 Å². The molecule has 1 heterocycles. The van der Waals surface area contributed by atoms with Crippen molar-refractivity contribution in [2.45, 2.75) is 33.2 Å². The summed E-state index contributed by atoms with van der Waals surface area (Å²) in [6.07, 6.45) is 4.19. The quantitative estimate of drug-likeness (QED) is 0.758. The molecule has 0 spiro atoms. The van der Waals surface area contributed by atoms with Crippen molar-refractivity contribution in [1.29, 1.82) is 0 Å². The van der Waals surface area contributed by atoms with Gasteiger partial charge in [-0.1, -0.05) is 26.8 Å². The number of aromatic nitrogens is 1. The zero-order valence-electron chi connectivity index (χ0n) is 12.1. The molecule has 6 heteroatoms. The number of urea groups is 1. The van der Waals surface area contributed by atoms with E-state index in [0.717, 1.165) is 12.0 Å². The first-order chi connectivity index (χ1) is 9.28. The molecule has 1 rings (SSSR count). The Morgan fingerprint density at radius 1 is 1.40 bits per heavy atom. The Morgan fingerprint density at radius 3 is 2.60 bits per heavy atom. The molecule has 1 atom stereocenters. The van der Waals surface area contributed by atoms with Gasteiger partial charge < -0.3 is 16.4 Å². The first-order valence-corrected chi connectivity index (χ1v) is 6.50. The average Bonchev–Trinajstić information content (AvgIpc) is 2.35. The van der Waals surface area contributed by atoms with Gasteiger partial charge >= 0.3 is 6.03 Å². The van der Waals surface area contributed by atoms with Crippen LogP contribution in [0.2, 0.25) is 0 Å². The molecular formula is C14H22N4O2. The van der Waals surface area contributed by atoms with E-state index in [2.05, 4.69) is 36.4 Å². The standard InChI is InChI=1S/C14H22N4O2/c1-14(2,3)7-11(10-5-4-6-16-8-10)18-12(19)9-17-13(15)20/h4-6,8,11H,7,9H2,1-3H3,(H,18,19)(H3,15,17,20)/t11-/m1/s1. The van der Waals surface area contributed by atoms with Gasteiger partial charge in [-0.2, -0.15) is 0 Å². The van der Waals surface area contributed by atoms with E-state index < -0.39 is 6.03 Å². The Balaban J connectivity index is 2.73. The molecule has 0 aliphatic rings. The number of nitrogens with one attached hydrogen (secondary N) is 2. The van der Waals surface area contributed by atoms with E-state index in [1.54, 1.807) is 12.4 Å². The molecule has 0 saturated carbocycles. The van der Waals surface area contributed by atoms with E-state index in [0.29, 0.717) is 0 Å². The highest BCUT2D eigenvalue weighted by molar-refractivity contribution is 5.83. The molecule has 0 fully saturated rings. The number of nitrogens with two attached hydrogens (primary N) is 1. The zero-order chi connectivity index (χ0) is 15.2. The Morgan fingerprint density at radius 2 is 2.10 bits per heavy atom. The third-order valence-corrected chi connectivity index (χ3v) is 2.66. The molecule has 0 bridgehead atoms. The molecule has 4 N–H and O–H groups in total. The normalized spacial score (nSPS) is 12.6. The topological polar surface area (TPSA) is 97.1 Å². The highest BCUT2D eigenvalue weighted by atomic mass is 16.2. The van der Waals surface area contributed by atoms with Crippen LogP contribution in [0, 0.1) is 5.41 Å². The van der Waals surface area contributed by atoms with Gasteiger partial charge in [0.2, 0.25) is 5.91 Å². The van der Waals surface area contributed by atoms with Crippen molar-refractivity contribution >= 4 is 11.9 Å². The first-order valence-electron chi connectivity index (χ1n) is 6.50. The maximum Gasteiger partial charge on any atom is 0.312 e. The number of hydrogen-bond donors (Lipinski definition) is 3. The molecule has 1 aromatic rings. The first kappa shape index (κ1) is 15.9. The number of carbonyl (C=O) groups excluding carboxylic acids is 2. The number of primary amides is 1. The van der Waals surface area contributed by atoms with Crippen molar-refractivity contribution in [3.8, 4) is 0 Å². The van der Waals surface area contributed by atoms with Crippen molar-refractivity contribution in [3.63, 3.8) is 0 Å². The zero-order valence-corrected chi connectivity index (χ0v) is 12.1. The van der Waals surface area contributed by atoms with Gasteiger partial charge in [-0.15, -0.1) is 0 Å². The molecule has 0 unspecified atom stereocenters. The number of amides is 3. The summed E-state index contributed by atoms with van der Waals surface area (Å²) in [5, 5.41) is 5.17. The van der Waals surface area contributed by atoms with Gasteiger partial charge in [-0.3, -0.25) is 9.78 Å². The number of pyridine rings is 1. The van der Waals surface area contributed by atoms with Crippen LogP contribution in [0.25, 0.3) is 0 Å². The van der Waals surface area contributed by atoms with Gasteiger partial charge in [0.05, 0.1) is 12.6 Å². The fourth-order valence-corrected chi connectivity index (χ4v) is 1.86. The van der Waals surface area contributed by atoms with Crippen LogP contribution in [-0.2, 0) is 4.79 Å². The Bertz CT molecular complexity index is 454. The molecule has 0 radical (unpaired) electrons. The lowest BCUT2D eigenvalue weighted by Gasteiger charge is -2.27. The van der Waals surface area contributed by atoms with Crippen molar-refractivity contribution in [2.24, 2.45) is 11.1 Å². The number of carbonyl (C=O) groups is 2. The van der Waals surface area contributed by atoms with Crippen LogP contribution in [0.4, 0.5) is 4.79 Å². The minimum Gasteiger partial charge on any atom is -0.352 e. The van der Waals surface area contributed by atoms with Crippen LogP contribution >= 0.6 is 0 Å². The van der Waals surface area contributed by atoms with Gasteiger partial charge in [0.1, 0.15) is 0 Å². The van der Waals surface area contributed by atoms with Crippen molar-refractivity contribution < 1.29 is 9.59 Å². The molecule has 0 aromatic carbocycles. The molecule has 6 nitrogen and oxygen atoms in total. The van der Waals surface area contributed by atoms with Crippen LogP contribution in [0.15, 0.2) is 24.5 Å². The van der Waals surface area contributed by atoms with Crippen LogP contribution in [0.1, 0.15) is 38.8 Å². The summed E-state index contributed by atoms with van der Waals surface area (Å²) in [5.74, 6) is -0.276. The number of nitrogens with zero attached hydrogens (tertiary/aromatic N) is 1. The fourth-order valence-electron chi connectivity index (χ4n) is 1.86. The monoisotopic (exact) mass is 278 g/mol. The lowest BCUT2D eigenvalue weighted by Crippen LogP contribution is -2.41. The summed E-state index contributed by atoms with van der Waals surface area (Å²) in [5.41, 5.74) is 5.93. The Kier molecular flexibility index (Phi) is 5.49. The highest BCUT2D eigenvalue weighted by Crippen LogP contribution is 2.28. The molecule has 0 aliphatic carbocycles. The summed E-state index contributed by atoms with van der Waals surface area (Å²) in [4.78, 5) is 26.5. The second-order valence-electron chi connectivity index (χ2n) is 5.89. The number of rotatable bonds is 5. The van der Waals surface area contributed by atoms with Crippen LogP contribution < -0.4 is 16.4 Å². The van der Waals surface area contributed by atoms with E-state index in [1.165, 1.54) is 0 Å². The van der Waals surface area contributed by atoms with Crippen molar-refractivity contribution in [3.05, 3.63) is 30.1 Å². The average molecular weight is 278 g/mol. The molecule has 0 aliphatic heterocycles. The molecule has 20 heavy (non-hydrogen) atoms. The lowest BCUT2D eigenvalue weighted by atomic mass is 9.86. The van der Waals surface area contributed by atoms with E-state index in [4.69, 9.17) is 5.73 Å². The Labute approximate surface area is 119 Å². The summed E-state index contributed by atoms with van der Waals surface area (Å²) in [6, 6.07) is 2.89. The van der Waals surface area contributed by atoms with Crippen molar-refractivity contribution in [1.82, 2.24) is 15.6 Å². The minimum absolute atomic E-state index is 0.0465. The third-order valence-electron chi connectivity index (χ3n) is 2.66. The maximum atomic E-state index is 11.8. The van der Waals surface area contributed by atoms with Crippen LogP contribution in [0.5, 0.6) is 0 Å². The predicted molar refractivity (Wildman–Crippen MR) is 76.8 cm³/mol. The Hall–Kier alpha value is -2.11. The van der Waals surface area contributed by atoms with E-state index in [1.807, 2.05) is 12.1 Å². The highest BCUT2D eigenvalue weighted by Gasteiger charge is 2.22. The molecule has 3 amide bonds. The SMILES string of the molecule is CC(C)(C)C[C@@H](NC(=O)CNC(N)=O)c1cccnc1. The minimum atomic E-state index is -0.714. The van der Waals surface area contributed by atoms with E-state index >= 15 is 0 Å². The second-order valence-corrected chi connectivity index (χ2v) is 5.89. The maximum absolute atomic E-state index is 11.8. The molecule has 1 aromatic heterocycles. The summed E-state index contributed by atoms with van der Waals surface area (Å²) in [7, 11) is 0. The lowest BCUT2D eigenvalue weighted by molar-refractivity contribution is -0.121. The van der Waals surface area contributed by atoms with Gasteiger partial charge in [-0.05, 0) is 23.5 Å². The molecular weight excluding hydrogens is 256 g/mol. The van der Waals surface area contributed by atoms with Crippen LogP contribution in [0.3, 0.4) is 0 Å². The smallest absolute Gasteiger partial charge is 0.312 e. The van der Waals surface area contributed by atoms with Crippen LogP contribution in [-0.4, -0.2) is 23.5 Å². The third kappa shape index (κ3) is 6.17. The predicted octanol–water partition coefficient (Wildman–Crippen LogP) is 1.34. The fraction of sp³-hybridized carbons (Fsp3) is 0.500. The molecule has 0 saturated heterocycles. The van der Waals surface area contributed by atoms with E-state index in [-0.39, 0.29) is 23.9 Å². The van der Waals surface area contributed by atoms with Gasteiger partial charge in [0, 0.05) is 12.4 Å².